The van der Waals surface area contributed by atoms with E-state index >= 15 is 0 Å². The molecule has 1 aliphatic heterocycles. The van der Waals surface area contributed by atoms with E-state index in [-0.39, 0.29) is 17.6 Å². The number of carbonyl (C=O) groups excluding carboxylic acids is 1. The molecule has 116 valence electrons. The monoisotopic (exact) mass is 292 g/mol. The van der Waals surface area contributed by atoms with E-state index in [1.807, 2.05) is 24.9 Å². The lowest BCUT2D eigenvalue weighted by Gasteiger charge is -2.33. The van der Waals surface area contributed by atoms with Crippen molar-refractivity contribution in [3.63, 3.8) is 0 Å². The molecule has 2 rings (SSSR count). The van der Waals surface area contributed by atoms with Gasteiger partial charge in [-0.05, 0) is 56.5 Å². The van der Waals surface area contributed by atoms with Crippen LogP contribution in [0.4, 0.5) is 4.39 Å². The number of nitrogens with zero attached hydrogens (tertiary/aromatic N) is 1. The number of piperidine rings is 1. The Kier molecular flexibility index (Phi) is 5.74. The standard InChI is InChI=1S/C17H25FN2O/c1-13(10-15-4-3-5-16(18)11-15)17(21)20-8-6-14(7-9-20)12-19-2/h3-5,11,13-14,19H,6-10,12H2,1-2H3. The minimum absolute atomic E-state index is 0.0901. The molecule has 1 unspecified atom stereocenters. The first-order chi connectivity index (χ1) is 10.1. The lowest BCUT2D eigenvalue weighted by Crippen LogP contribution is -2.43. The summed E-state index contributed by atoms with van der Waals surface area (Å²) in [5.74, 6) is 0.549. The fourth-order valence-electron chi connectivity index (χ4n) is 3.06. The maximum Gasteiger partial charge on any atom is 0.225 e. The summed E-state index contributed by atoms with van der Waals surface area (Å²) in [6, 6.07) is 6.53. The van der Waals surface area contributed by atoms with Gasteiger partial charge in [-0.1, -0.05) is 19.1 Å². The third kappa shape index (κ3) is 4.53. The first kappa shape index (κ1) is 16.0. The minimum Gasteiger partial charge on any atom is -0.342 e. The second-order valence-corrected chi connectivity index (χ2v) is 6.06. The van der Waals surface area contributed by atoms with Crippen molar-refractivity contribution < 1.29 is 9.18 Å². The minimum atomic E-state index is -0.236. The van der Waals surface area contributed by atoms with Gasteiger partial charge in [0.25, 0.3) is 0 Å². The Morgan fingerprint density at radius 3 is 2.76 bits per heavy atom. The van der Waals surface area contributed by atoms with Gasteiger partial charge in [0.2, 0.25) is 5.91 Å². The van der Waals surface area contributed by atoms with Crippen LogP contribution < -0.4 is 5.32 Å². The molecule has 1 fully saturated rings. The fourth-order valence-corrected chi connectivity index (χ4v) is 3.06. The van der Waals surface area contributed by atoms with Crippen LogP contribution in [-0.4, -0.2) is 37.5 Å². The van der Waals surface area contributed by atoms with E-state index in [0.29, 0.717) is 12.3 Å². The lowest BCUT2D eigenvalue weighted by molar-refractivity contribution is -0.136. The summed E-state index contributed by atoms with van der Waals surface area (Å²) in [5, 5.41) is 3.20. The molecule has 1 aliphatic rings. The topological polar surface area (TPSA) is 32.3 Å². The maximum absolute atomic E-state index is 13.2. The summed E-state index contributed by atoms with van der Waals surface area (Å²) in [6.07, 6.45) is 2.74. The van der Waals surface area contributed by atoms with E-state index in [2.05, 4.69) is 5.32 Å². The van der Waals surface area contributed by atoms with E-state index in [9.17, 15) is 9.18 Å². The number of rotatable bonds is 5. The Balaban J connectivity index is 1.85. The van der Waals surface area contributed by atoms with Gasteiger partial charge < -0.3 is 10.2 Å². The number of carbonyl (C=O) groups is 1. The first-order valence-corrected chi connectivity index (χ1v) is 7.78. The van der Waals surface area contributed by atoms with Gasteiger partial charge >= 0.3 is 0 Å². The summed E-state index contributed by atoms with van der Waals surface area (Å²) in [5.41, 5.74) is 0.890. The van der Waals surface area contributed by atoms with Crippen LogP contribution in [0.15, 0.2) is 24.3 Å². The Morgan fingerprint density at radius 2 is 2.14 bits per heavy atom. The molecule has 0 aliphatic carbocycles. The molecule has 3 nitrogen and oxygen atoms in total. The zero-order valence-corrected chi connectivity index (χ0v) is 12.9. The van der Waals surface area contributed by atoms with Crippen molar-refractivity contribution in [2.75, 3.05) is 26.7 Å². The van der Waals surface area contributed by atoms with Gasteiger partial charge in [0, 0.05) is 19.0 Å². The van der Waals surface area contributed by atoms with E-state index in [1.165, 1.54) is 12.1 Å². The average molecular weight is 292 g/mol. The van der Waals surface area contributed by atoms with Crippen molar-refractivity contribution in [1.82, 2.24) is 10.2 Å². The molecule has 1 aromatic rings. The van der Waals surface area contributed by atoms with Crippen molar-refractivity contribution in [3.05, 3.63) is 35.6 Å². The molecule has 0 aromatic heterocycles. The van der Waals surface area contributed by atoms with Crippen LogP contribution in [0.5, 0.6) is 0 Å². The number of likely N-dealkylation sites (tertiary alicyclic amines) is 1. The molecule has 0 saturated carbocycles. The molecule has 4 heteroatoms. The zero-order chi connectivity index (χ0) is 15.2. The third-order valence-corrected chi connectivity index (χ3v) is 4.27. The summed E-state index contributed by atoms with van der Waals surface area (Å²) in [7, 11) is 1.97. The van der Waals surface area contributed by atoms with Gasteiger partial charge in [0.05, 0.1) is 0 Å². The Labute approximate surface area is 126 Å². The normalized spacial score (nSPS) is 17.8. The maximum atomic E-state index is 13.2. The number of nitrogens with one attached hydrogen (secondary N) is 1. The highest BCUT2D eigenvalue weighted by molar-refractivity contribution is 5.78. The average Bonchev–Trinajstić information content (AvgIpc) is 2.47. The zero-order valence-electron chi connectivity index (χ0n) is 12.9. The predicted octanol–water partition coefficient (Wildman–Crippen LogP) is 2.46. The Bertz CT molecular complexity index is 470. The highest BCUT2D eigenvalue weighted by Crippen LogP contribution is 2.20. The van der Waals surface area contributed by atoms with Crippen molar-refractivity contribution in [1.29, 1.82) is 0 Å². The van der Waals surface area contributed by atoms with E-state index in [1.54, 1.807) is 6.07 Å². The van der Waals surface area contributed by atoms with Gasteiger partial charge in [0.15, 0.2) is 0 Å². The van der Waals surface area contributed by atoms with Crippen molar-refractivity contribution in [2.24, 2.45) is 11.8 Å². The van der Waals surface area contributed by atoms with Gasteiger partial charge in [-0.25, -0.2) is 4.39 Å². The molecular formula is C17H25FN2O. The second kappa shape index (κ2) is 7.55. The van der Waals surface area contributed by atoms with E-state index in [0.717, 1.165) is 38.0 Å². The molecule has 0 spiro atoms. The van der Waals surface area contributed by atoms with Crippen LogP contribution in [0.1, 0.15) is 25.3 Å². The third-order valence-electron chi connectivity index (χ3n) is 4.27. The molecular weight excluding hydrogens is 267 g/mol. The summed E-state index contributed by atoms with van der Waals surface area (Å²) < 4.78 is 13.2. The quantitative estimate of drug-likeness (QED) is 0.904. The SMILES string of the molecule is CNCC1CCN(C(=O)C(C)Cc2cccc(F)c2)CC1. The van der Waals surface area contributed by atoms with E-state index in [4.69, 9.17) is 0 Å². The summed E-state index contributed by atoms with van der Waals surface area (Å²) in [6.45, 7) is 4.66. The summed E-state index contributed by atoms with van der Waals surface area (Å²) >= 11 is 0. The summed E-state index contributed by atoms with van der Waals surface area (Å²) in [4.78, 5) is 14.4. The number of hydrogen-bond donors (Lipinski definition) is 1. The Hall–Kier alpha value is -1.42. The van der Waals surface area contributed by atoms with Gasteiger partial charge in [-0.3, -0.25) is 4.79 Å². The molecule has 1 aromatic carbocycles. The largest absolute Gasteiger partial charge is 0.342 e. The van der Waals surface area contributed by atoms with Gasteiger partial charge in [0.1, 0.15) is 5.82 Å². The van der Waals surface area contributed by atoms with Crippen LogP contribution >= 0.6 is 0 Å². The molecule has 0 bridgehead atoms. The highest BCUT2D eigenvalue weighted by atomic mass is 19.1. The fraction of sp³-hybridized carbons (Fsp3) is 0.588. The van der Waals surface area contributed by atoms with E-state index < -0.39 is 0 Å². The molecule has 21 heavy (non-hydrogen) atoms. The number of benzene rings is 1. The number of halogens is 1. The molecule has 1 N–H and O–H groups in total. The van der Waals surface area contributed by atoms with Crippen LogP contribution in [-0.2, 0) is 11.2 Å². The van der Waals surface area contributed by atoms with Crippen molar-refractivity contribution in [2.45, 2.75) is 26.2 Å². The molecule has 1 saturated heterocycles. The molecule has 0 radical (unpaired) electrons. The van der Waals surface area contributed by atoms with Gasteiger partial charge in [-0.15, -0.1) is 0 Å². The first-order valence-electron chi connectivity index (χ1n) is 7.78. The molecule has 1 atom stereocenters. The number of amides is 1. The predicted molar refractivity (Wildman–Crippen MR) is 82.5 cm³/mol. The van der Waals surface area contributed by atoms with Crippen molar-refractivity contribution >= 4 is 5.91 Å². The van der Waals surface area contributed by atoms with Crippen LogP contribution in [0.3, 0.4) is 0 Å². The molecule has 1 amide bonds. The highest BCUT2D eigenvalue weighted by Gasteiger charge is 2.25. The van der Waals surface area contributed by atoms with Gasteiger partial charge in [-0.2, -0.15) is 0 Å². The molecule has 1 heterocycles. The lowest BCUT2D eigenvalue weighted by atomic mass is 9.94. The van der Waals surface area contributed by atoms with Crippen LogP contribution in [0.25, 0.3) is 0 Å². The number of hydrogen-bond acceptors (Lipinski definition) is 2. The van der Waals surface area contributed by atoms with Crippen LogP contribution in [0, 0.1) is 17.7 Å². The van der Waals surface area contributed by atoms with Crippen LogP contribution in [0.2, 0.25) is 0 Å². The Morgan fingerprint density at radius 1 is 1.43 bits per heavy atom. The van der Waals surface area contributed by atoms with Crippen molar-refractivity contribution in [3.8, 4) is 0 Å². The second-order valence-electron chi connectivity index (χ2n) is 6.06. The smallest absolute Gasteiger partial charge is 0.225 e.